The maximum absolute atomic E-state index is 11.2. The van der Waals surface area contributed by atoms with Gasteiger partial charge in [-0.3, -0.25) is 0 Å². The topological polar surface area (TPSA) is 78.0 Å². The fourth-order valence-electron chi connectivity index (χ4n) is 1.41. The minimum atomic E-state index is -3.68. The minimum absolute atomic E-state index is 0.106. The summed E-state index contributed by atoms with van der Waals surface area (Å²) in [6.07, 6.45) is 1.55. The van der Waals surface area contributed by atoms with Crippen LogP contribution in [0.3, 0.4) is 0 Å². The van der Waals surface area contributed by atoms with Crippen LogP contribution in [0.4, 0.5) is 0 Å². The van der Waals surface area contributed by atoms with Crippen LogP contribution in [0.25, 0.3) is 11.0 Å². The van der Waals surface area contributed by atoms with Crippen LogP contribution < -0.4 is 5.14 Å². The molecular weight excluding hydrogens is 202 g/mol. The monoisotopic (exact) mass is 211 g/mol. The minimum Gasteiger partial charge on any atom is -0.333 e. The molecular formula is C8H9N3O2S. The van der Waals surface area contributed by atoms with E-state index in [2.05, 4.69) is 4.98 Å². The van der Waals surface area contributed by atoms with Crippen molar-refractivity contribution in [3.05, 3.63) is 24.5 Å². The maximum atomic E-state index is 11.2. The Bertz CT molecular complexity index is 586. The zero-order chi connectivity index (χ0) is 10.3. The Morgan fingerprint density at radius 3 is 2.79 bits per heavy atom. The second kappa shape index (κ2) is 2.79. The van der Waals surface area contributed by atoms with Crippen molar-refractivity contribution in [2.24, 2.45) is 12.2 Å². The van der Waals surface area contributed by atoms with Gasteiger partial charge in [-0.05, 0) is 12.1 Å². The summed E-state index contributed by atoms with van der Waals surface area (Å²) in [5.41, 5.74) is 1.16. The standard InChI is InChI=1S/C8H9N3O2S/c1-11-5-10-6-3-2-4-7(8(6)11)14(9,12)13/h2-5H,1H3,(H2,9,12,13). The summed E-state index contributed by atoms with van der Waals surface area (Å²) in [6.45, 7) is 0. The molecule has 1 aromatic carbocycles. The molecule has 0 aliphatic heterocycles. The van der Waals surface area contributed by atoms with Crippen LogP contribution in [0.15, 0.2) is 29.4 Å². The van der Waals surface area contributed by atoms with Gasteiger partial charge in [0.25, 0.3) is 0 Å². The summed E-state index contributed by atoms with van der Waals surface area (Å²) >= 11 is 0. The van der Waals surface area contributed by atoms with E-state index >= 15 is 0 Å². The lowest BCUT2D eigenvalue weighted by molar-refractivity contribution is 0.598. The Hall–Kier alpha value is -1.40. The van der Waals surface area contributed by atoms with Gasteiger partial charge in [0.15, 0.2) is 0 Å². The van der Waals surface area contributed by atoms with E-state index in [9.17, 15) is 8.42 Å². The Morgan fingerprint density at radius 2 is 2.14 bits per heavy atom. The summed E-state index contributed by atoms with van der Waals surface area (Å²) in [6, 6.07) is 4.83. The van der Waals surface area contributed by atoms with Crippen molar-refractivity contribution in [2.75, 3.05) is 0 Å². The number of fused-ring (bicyclic) bond motifs is 1. The lowest BCUT2D eigenvalue weighted by atomic mass is 10.3. The zero-order valence-electron chi connectivity index (χ0n) is 7.51. The quantitative estimate of drug-likeness (QED) is 0.733. The van der Waals surface area contributed by atoms with Crippen LogP contribution in [0.2, 0.25) is 0 Å². The van der Waals surface area contributed by atoms with Crippen molar-refractivity contribution < 1.29 is 8.42 Å². The molecule has 6 heteroatoms. The van der Waals surface area contributed by atoms with Gasteiger partial charge in [-0.1, -0.05) is 6.07 Å². The molecule has 0 aliphatic carbocycles. The summed E-state index contributed by atoms with van der Waals surface area (Å²) in [7, 11) is -1.96. The molecule has 2 N–H and O–H groups in total. The molecule has 0 amide bonds. The number of para-hydroxylation sites is 1. The maximum Gasteiger partial charge on any atom is 0.240 e. The van der Waals surface area contributed by atoms with Gasteiger partial charge in [0.1, 0.15) is 4.90 Å². The van der Waals surface area contributed by atoms with Gasteiger partial charge in [0.2, 0.25) is 10.0 Å². The molecule has 0 fully saturated rings. The highest BCUT2D eigenvalue weighted by Crippen LogP contribution is 2.19. The zero-order valence-corrected chi connectivity index (χ0v) is 8.32. The summed E-state index contributed by atoms with van der Waals surface area (Å²) in [5, 5.41) is 5.08. The van der Waals surface area contributed by atoms with E-state index in [0.29, 0.717) is 11.0 Å². The number of imidazole rings is 1. The second-order valence-corrected chi connectivity index (χ2v) is 4.55. The van der Waals surface area contributed by atoms with E-state index in [1.807, 2.05) is 0 Å². The predicted molar refractivity (Wildman–Crippen MR) is 52.1 cm³/mol. The molecule has 0 atom stereocenters. The van der Waals surface area contributed by atoms with Gasteiger partial charge < -0.3 is 4.57 Å². The molecule has 74 valence electrons. The molecule has 14 heavy (non-hydrogen) atoms. The smallest absolute Gasteiger partial charge is 0.240 e. The van der Waals surface area contributed by atoms with Gasteiger partial charge in [-0.15, -0.1) is 0 Å². The van der Waals surface area contributed by atoms with Crippen molar-refractivity contribution in [3.8, 4) is 0 Å². The first-order chi connectivity index (χ1) is 6.50. The molecule has 0 bridgehead atoms. The lowest BCUT2D eigenvalue weighted by Gasteiger charge is -2.01. The van der Waals surface area contributed by atoms with Crippen LogP contribution in [0.5, 0.6) is 0 Å². The number of aromatic nitrogens is 2. The van der Waals surface area contributed by atoms with E-state index in [0.717, 1.165) is 0 Å². The lowest BCUT2D eigenvalue weighted by Crippen LogP contribution is -2.13. The van der Waals surface area contributed by atoms with Crippen molar-refractivity contribution in [1.82, 2.24) is 9.55 Å². The second-order valence-electron chi connectivity index (χ2n) is 3.02. The molecule has 0 saturated heterocycles. The van der Waals surface area contributed by atoms with Crippen LogP contribution >= 0.6 is 0 Å². The molecule has 0 unspecified atom stereocenters. The predicted octanol–water partition coefficient (Wildman–Crippen LogP) is 0.221. The van der Waals surface area contributed by atoms with Gasteiger partial charge >= 0.3 is 0 Å². The average molecular weight is 211 g/mol. The van der Waals surface area contributed by atoms with Crippen molar-refractivity contribution in [2.45, 2.75) is 4.90 Å². The van der Waals surface area contributed by atoms with E-state index in [4.69, 9.17) is 5.14 Å². The summed E-state index contributed by atoms with van der Waals surface area (Å²) < 4.78 is 24.1. The number of primary sulfonamides is 1. The van der Waals surface area contributed by atoms with Crippen molar-refractivity contribution in [1.29, 1.82) is 0 Å². The number of hydrogen-bond acceptors (Lipinski definition) is 3. The first-order valence-corrected chi connectivity index (χ1v) is 5.47. The highest BCUT2D eigenvalue weighted by atomic mass is 32.2. The largest absolute Gasteiger partial charge is 0.333 e. The summed E-state index contributed by atoms with van der Waals surface area (Å²) in [5.74, 6) is 0. The molecule has 1 heterocycles. The first-order valence-electron chi connectivity index (χ1n) is 3.93. The molecule has 1 aromatic heterocycles. The molecule has 0 spiro atoms. The van der Waals surface area contributed by atoms with Gasteiger partial charge in [0, 0.05) is 7.05 Å². The van der Waals surface area contributed by atoms with Gasteiger partial charge in [-0.2, -0.15) is 0 Å². The Morgan fingerprint density at radius 1 is 1.43 bits per heavy atom. The third kappa shape index (κ3) is 1.28. The Balaban J connectivity index is 2.96. The molecule has 2 rings (SSSR count). The van der Waals surface area contributed by atoms with Crippen LogP contribution in [-0.4, -0.2) is 18.0 Å². The number of rotatable bonds is 1. The number of nitrogens with zero attached hydrogens (tertiary/aromatic N) is 2. The SMILES string of the molecule is Cn1cnc2cccc(S(N)(=O)=O)c21. The first kappa shape index (κ1) is 9.17. The van der Waals surface area contributed by atoms with E-state index in [1.54, 1.807) is 30.1 Å². The highest BCUT2D eigenvalue weighted by molar-refractivity contribution is 7.89. The Kier molecular flexibility index (Phi) is 1.83. The van der Waals surface area contributed by atoms with Crippen LogP contribution in [0.1, 0.15) is 0 Å². The molecule has 5 nitrogen and oxygen atoms in total. The number of aryl methyl sites for hydroxylation is 1. The highest BCUT2D eigenvalue weighted by Gasteiger charge is 2.14. The third-order valence-corrected chi connectivity index (χ3v) is 2.95. The van der Waals surface area contributed by atoms with Crippen molar-refractivity contribution in [3.63, 3.8) is 0 Å². The molecule has 2 aromatic rings. The van der Waals surface area contributed by atoms with Crippen molar-refractivity contribution >= 4 is 21.1 Å². The molecule has 0 aliphatic rings. The Labute approximate surface area is 81.2 Å². The number of benzene rings is 1. The van der Waals surface area contributed by atoms with Gasteiger partial charge in [0.05, 0.1) is 17.4 Å². The van der Waals surface area contributed by atoms with E-state index in [-0.39, 0.29) is 4.90 Å². The number of hydrogen-bond donors (Lipinski definition) is 1. The average Bonchev–Trinajstić information content (AvgIpc) is 2.46. The van der Waals surface area contributed by atoms with Crippen LogP contribution in [0, 0.1) is 0 Å². The van der Waals surface area contributed by atoms with E-state index < -0.39 is 10.0 Å². The van der Waals surface area contributed by atoms with Crippen LogP contribution in [-0.2, 0) is 17.1 Å². The summed E-state index contributed by atoms with van der Waals surface area (Å²) in [4.78, 5) is 4.14. The normalized spacial score (nSPS) is 12.1. The number of nitrogens with two attached hydrogens (primary N) is 1. The third-order valence-electron chi connectivity index (χ3n) is 2.01. The molecule has 0 saturated carbocycles. The number of sulfonamides is 1. The molecule has 0 radical (unpaired) electrons. The fraction of sp³-hybridized carbons (Fsp3) is 0.125. The fourth-order valence-corrected chi connectivity index (χ4v) is 2.19. The van der Waals surface area contributed by atoms with Gasteiger partial charge in [-0.25, -0.2) is 18.5 Å². The van der Waals surface area contributed by atoms with E-state index in [1.165, 1.54) is 6.07 Å².